The normalized spacial score (nSPS) is 16.9. The van der Waals surface area contributed by atoms with Gasteiger partial charge in [0.15, 0.2) is 5.17 Å². The third kappa shape index (κ3) is 6.03. The van der Waals surface area contributed by atoms with E-state index in [0.717, 1.165) is 27.8 Å². The largest absolute Gasteiger partial charge is 0.406 e. The molecule has 1 aliphatic heterocycles. The molecule has 0 radical (unpaired) electrons. The summed E-state index contributed by atoms with van der Waals surface area (Å²) in [6, 6.07) is 14.2. The third-order valence-corrected chi connectivity index (χ3v) is 5.91. The van der Waals surface area contributed by atoms with Crippen LogP contribution < -0.4 is 4.90 Å². The highest BCUT2D eigenvalue weighted by atomic mass is 32.2. The van der Waals surface area contributed by atoms with Gasteiger partial charge >= 0.3 is 12.2 Å². The van der Waals surface area contributed by atoms with Gasteiger partial charge < -0.3 is 0 Å². The fourth-order valence-corrected chi connectivity index (χ4v) is 4.07. The molecule has 2 aromatic rings. The maximum absolute atomic E-state index is 13.2. The molecule has 0 aromatic heterocycles. The molecule has 0 unspecified atom stereocenters. The number of carbonyl (C=O) groups is 1. The van der Waals surface area contributed by atoms with Crippen LogP contribution in [0.15, 0.2) is 53.5 Å². The first-order valence-electron chi connectivity index (χ1n) is 9.93. The van der Waals surface area contributed by atoms with E-state index >= 15 is 0 Å². The van der Waals surface area contributed by atoms with E-state index in [4.69, 9.17) is 0 Å². The summed E-state index contributed by atoms with van der Waals surface area (Å²) < 4.78 is 39.6. The zero-order valence-corrected chi connectivity index (χ0v) is 18.8. The number of carbonyl (C=O) groups excluding carboxylic acids is 1. The third-order valence-electron chi connectivity index (χ3n) is 4.92. The number of urea groups is 1. The van der Waals surface area contributed by atoms with Gasteiger partial charge in [-0.1, -0.05) is 74.5 Å². The molecule has 0 spiro atoms. The van der Waals surface area contributed by atoms with Crippen LogP contribution >= 0.6 is 11.8 Å². The smallest absolute Gasteiger partial charge is 0.284 e. The number of amidine groups is 1. The number of thioether (sulfide) groups is 1. The molecule has 1 fully saturated rings. The van der Waals surface area contributed by atoms with E-state index < -0.39 is 18.8 Å². The lowest BCUT2D eigenvalue weighted by Gasteiger charge is -2.36. The topological polar surface area (TPSA) is 35.9 Å². The molecular formula is C23H26F3N3OS. The van der Waals surface area contributed by atoms with Crippen molar-refractivity contribution in [1.29, 1.82) is 0 Å². The SMILES string of the molecule is Cc1ccc(N2CSC(=NCc3ccc(C(C)(C)C)cc3)N(CC(F)(F)F)C2=O)cc1. The minimum atomic E-state index is -4.53. The van der Waals surface area contributed by atoms with E-state index in [9.17, 15) is 18.0 Å². The Hall–Kier alpha value is -2.48. The van der Waals surface area contributed by atoms with Crippen molar-refractivity contribution >= 4 is 28.6 Å². The lowest BCUT2D eigenvalue weighted by Crippen LogP contribution is -2.53. The van der Waals surface area contributed by atoms with Gasteiger partial charge in [0.25, 0.3) is 0 Å². The Morgan fingerprint density at radius 3 is 2.16 bits per heavy atom. The molecule has 0 saturated carbocycles. The number of anilines is 1. The van der Waals surface area contributed by atoms with Crippen molar-refractivity contribution in [3.8, 4) is 0 Å². The number of aliphatic imine (C=N–C) groups is 1. The van der Waals surface area contributed by atoms with Crippen molar-refractivity contribution in [1.82, 2.24) is 4.90 Å². The summed E-state index contributed by atoms with van der Waals surface area (Å²) in [7, 11) is 0. The zero-order valence-electron chi connectivity index (χ0n) is 18.0. The van der Waals surface area contributed by atoms with E-state index in [1.54, 1.807) is 12.1 Å². The highest BCUT2D eigenvalue weighted by Crippen LogP contribution is 2.30. The van der Waals surface area contributed by atoms with Gasteiger partial charge in [-0.25, -0.2) is 4.79 Å². The number of alkyl halides is 3. The van der Waals surface area contributed by atoms with Crippen LogP contribution in [0.2, 0.25) is 0 Å². The van der Waals surface area contributed by atoms with Crippen molar-refractivity contribution in [3.63, 3.8) is 0 Å². The van der Waals surface area contributed by atoms with Crippen LogP contribution in [0.25, 0.3) is 0 Å². The van der Waals surface area contributed by atoms with Crippen molar-refractivity contribution in [2.75, 3.05) is 17.3 Å². The number of rotatable bonds is 4. The summed E-state index contributed by atoms with van der Waals surface area (Å²) in [4.78, 5) is 19.3. The van der Waals surface area contributed by atoms with E-state index in [-0.39, 0.29) is 23.0 Å². The van der Waals surface area contributed by atoms with Crippen molar-refractivity contribution in [2.24, 2.45) is 4.99 Å². The zero-order chi connectivity index (χ0) is 22.8. The quantitative estimate of drug-likeness (QED) is 0.546. The van der Waals surface area contributed by atoms with Gasteiger partial charge in [0.05, 0.1) is 12.4 Å². The summed E-state index contributed by atoms with van der Waals surface area (Å²) in [6.45, 7) is 7.08. The van der Waals surface area contributed by atoms with Crippen LogP contribution in [0.1, 0.15) is 37.5 Å². The second-order valence-corrected chi connectivity index (χ2v) is 9.48. The molecule has 166 valence electrons. The lowest BCUT2D eigenvalue weighted by atomic mass is 9.87. The summed E-state index contributed by atoms with van der Waals surface area (Å²) >= 11 is 1.13. The molecule has 8 heteroatoms. The minimum absolute atomic E-state index is 0.0129. The predicted octanol–water partition coefficient (Wildman–Crippen LogP) is 6.34. The summed E-state index contributed by atoms with van der Waals surface area (Å²) in [6.07, 6.45) is -4.53. The van der Waals surface area contributed by atoms with Gasteiger partial charge in [-0.05, 0) is 35.6 Å². The van der Waals surface area contributed by atoms with Gasteiger partial charge in [-0.3, -0.25) is 14.8 Å². The highest BCUT2D eigenvalue weighted by Gasteiger charge is 2.40. The molecule has 2 amide bonds. The molecule has 1 heterocycles. The van der Waals surface area contributed by atoms with Crippen LogP contribution in [0, 0.1) is 6.92 Å². The van der Waals surface area contributed by atoms with E-state index in [2.05, 4.69) is 25.8 Å². The average molecular weight is 450 g/mol. The Labute approximate surface area is 185 Å². The number of hydrogen-bond donors (Lipinski definition) is 0. The van der Waals surface area contributed by atoms with Crippen molar-refractivity contribution in [2.45, 2.75) is 45.8 Å². The van der Waals surface area contributed by atoms with Crippen LogP contribution in [0.5, 0.6) is 0 Å². The molecule has 0 bridgehead atoms. The maximum atomic E-state index is 13.2. The maximum Gasteiger partial charge on any atom is 0.406 e. The first kappa shape index (κ1) is 23.2. The number of hydrogen-bond acceptors (Lipinski definition) is 3. The van der Waals surface area contributed by atoms with Gasteiger partial charge in [0, 0.05) is 5.69 Å². The molecular weight excluding hydrogens is 423 g/mol. The summed E-state index contributed by atoms with van der Waals surface area (Å²) in [5, 5.41) is 0.0885. The number of amides is 2. The Morgan fingerprint density at radius 2 is 1.61 bits per heavy atom. The average Bonchev–Trinajstić information content (AvgIpc) is 2.68. The standard InChI is InChI=1S/C23H26F3N3OS/c1-16-5-11-19(12-6-16)29-15-31-20(28(21(29)30)14-23(24,25)26)27-13-17-7-9-18(10-8-17)22(2,3)4/h5-12H,13-15H2,1-4H3. The Bertz CT molecular complexity index is 948. The molecule has 1 aliphatic rings. The fraction of sp³-hybridized carbons (Fsp3) is 0.391. The molecule has 0 aliphatic carbocycles. The van der Waals surface area contributed by atoms with E-state index in [1.807, 2.05) is 43.3 Å². The van der Waals surface area contributed by atoms with Crippen molar-refractivity contribution in [3.05, 3.63) is 65.2 Å². The van der Waals surface area contributed by atoms with Crippen LogP contribution in [0.4, 0.5) is 23.7 Å². The van der Waals surface area contributed by atoms with Gasteiger partial charge in [-0.15, -0.1) is 0 Å². The molecule has 31 heavy (non-hydrogen) atoms. The molecule has 2 aromatic carbocycles. The number of nitrogens with zero attached hydrogens (tertiary/aromatic N) is 3. The Kier molecular flexibility index (Phi) is 6.69. The summed E-state index contributed by atoms with van der Waals surface area (Å²) in [5.74, 6) is 0.206. The Morgan fingerprint density at radius 1 is 1.00 bits per heavy atom. The first-order chi connectivity index (χ1) is 14.4. The monoisotopic (exact) mass is 449 g/mol. The van der Waals surface area contributed by atoms with Crippen LogP contribution in [-0.2, 0) is 12.0 Å². The van der Waals surface area contributed by atoms with Crippen LogP contribution in [0.3, 0.4) is 0 Å². The molecule has 4 nitrogen and oxygen atoms in total. The molecule has 1 saturated heterocycles. The first-order valence-corrected chi connectivity index (χ1v) is 10.9. The summed E-state index contributed by atoms with van der Waals surface area (Å²) in [5.41, 5.74) is 3.62. The molecule has 0 atom stereocenters. The predicted molar refractivity (Wildman–Crippen MR) is 121 cm³/mol. The number of halogens is 3. The number of benzene rings is 2. The second kappa shape index (κ2) is 8.94. The lowest BCUT2D eigenvalue weighted by molar-refractivity contribution is -0.133. The molecule has 0 N–H and O–H groups in total. The van der Waals surface area contributed by atoms with E-state index in [0.29, 0.717) is 5.69 Å². The fourth-order valence-electron chi connectivity index (χ4n) is 3.11. The Balaban J connectivity index is 1.81. The second-order valence-electron chi connectivity index (χ2n) is 8.57. The molecule has 3 rings (SSSR count). The highest BCUT2D eigenvalue weighted by molar-refractivity contribution is 8.14. The van der Waals surface area contributed by atoms with Gasteiger partial charge in [0.1, 0.15) is 6.54 Å². The van der Waals surface area contributed by atoms with Crippen molar-refractivity contribution < 1.29 is 18.0 Å². The minimum Gasteiger partial charge on any atom is -0.284 e. The van der Waals surface area contributed by atoms with Gasteiger partial charge in [0.2, 0.25) is 0 Å². The number of aryl methyl sites for hydroxylation is 1. The van der Waals surface area contributed by atoms with E-state index in [1.165, 1.54) is 10.5 Å². The van der Waals surface area contributed by atoms with Gasteiger partial charge in [-0.2, -0.15) is 13.2 Å². The van der Waals surface area contributed by atoms with Crippen LogP contribution in [-0.4, -0.2) is 34.7 Å².